The average molecular weight is 360 g/mol. The van der Waals surface area contributed by atoms with E-state index in [9.17, 15) is 18.3 Å². The molecule has 0 saturated carbocycles. The molecule has 0 heterocycles. The summed E-state index contributed by atoms with van der Waals surface area (Å²) in [6, 6.07) is 0. The van der Waals surface area contributed by atoms with Gasteiger partial charge in [0.1, 0.15) is 5.75 Å². The maximum absolute atomic E-state index is 11.5. The molecule has 134 valence electrons. The zero-order valence-electron chi connectivity index (χ0n) is 16.1. The van der Waals surface area contributed by atoms with Gasteiger partial charge < -0.3 is 10.7 Å². The summed E-state index contributed by atoms with van der Waals surface area (Å²) in [4.78, 5) is 11.5. The van der Waals surface area contributed by atoms with Crippen molar-refractivity contribution in [2.45, 2.75) is 90.6 Å². The van der Waals surface area contributed by atoms with Crippen molar-refractivity contribution in [1.82, 2.24) is 0 Å². The molecule has 0 aromatic rings. The monoisotopic (exact) mass is 360 g/mol. The molecule has 5 nitrogen and oxygen atoms in total. The van der Waals surface area contributed by atoms with Gasteiger partial charge in [0.15, 0.2) is 0 Å². The van der Waals surface area contributed by atoms with Crippen molar-refractivity contribution >= 4 is 16.1 Å². The van der Waals surface area contributed by atoms with Crippen molar-refractivity contribution in [3.63, 3.8) is 0 Å². The second-order valence-corrected chi connectivity index (χ2v) is 7.44. The first kappa shape index (κ1) is 25.6. The minimum Gasteiger partial charge on any atom is -1.00 e. The van der Waals surface area contributed by atoms with Crippen LogP contribution in [0.3, 0.4) is 0 Å². The number of carbonyl (C=O) groups excluding carboxylic acids is 1. The standard InChI is InChI=1S/C16H32O5S.Na.H/c1-3-5-6-7-8-9-10-11-12-13-16(18)21-22(19,20)14-15(17)4-2;;/h15,17H,3-14H2,1-2H3;;/q;+1;-1. The third-order valence-electron chi connectivity index (χ3n) is 3.57. The fourth-order valence-corrected chi connectivity index (χ4v) is 3.29. The maximum atomic E-state index is 11.5. The number of hydrogen-bond donors (Lipinski definition) is 1. The summed E-state index contributed by atoms with van der Waals surface area (Å²) in [6.45, 7) is 3.87. The first-order valence-electron chi connectivity index (χ1n) is 8.54. The van der Waals surface area contributed by atoms with E-state index >= 15 is 0 Å². The van der Waals surface area contributed by atoms with Crippen molar-refractivity contribution in [1.29, 1.82) is 0 Å². The van der Waals surface area contributed by atoms with Gasteiger partial charge in [0.05, 0.1) is 6.10 Å². The number of rotatable bonds is 14. The number of carbonyl (C=O) groups is 1. The molecule has 0 fully saturated rings. The van der Waals surface area contributed by atoms with Crippen LogP contribution in [0.4, 0.5) is 0 Å². The molecule has 23 heavy (non-hydrogen) atoms. The van der Waals surface area contributed by atoms with Crippen molar-refractivity contribution in [2.24, 2.45) is 0 Å². The Balaban J connectivity index is -0.00000220. The van der Waals surface area contributed by atoms with E-state index in [4.69, 9.17) is 0 Å². The predicted octanol–water partition coefficient (Wildman–Crippen LogP) is 0.668. The second-order valence-electron chi connectivity index (χ2n) is 5.82. The fraction of sp³-hybridized carbons (Fsp3) is 0.938. The Morgan fingerprint density at radius 2 is 1.48 bits per heavy atom. The minimum absolute atomic E-state index is 0. The summed E-state index contributed by atoms with van der Waals surface area (Å²) >= 11 is 0. The molecule has 0 aliphatic rings. The van der Waals surface area contributed by atoms with E-state index < -0.39 is 27.9 Å². The van der Waals surface area contributed by atoms with Crippen molar-refractivity contribution < 1.29 is 53.5 Å². The molecule has 0 radical (unpaired) electrons. The molecule has 0 aliphatic heterocycles. The van der Waals surface area contributed by atoms with Crippen LogP contribution in [0.1, 0.15) is 85.9 Å². The Hall–Kier alpha value is 0.380. The minimum atomic E-state index is -3.95. The molecule has 0 saturated heterocycles. The zero-order valence-corrected chi connectivity index (χ0v) is 17.9. The van der Waals surface area contributed by atoms with E-state index in [0.29, 0.717) is 12.8 Å². The molecule has 7 heteroatoms. The zero-order chi connectivity index (χ0) is 16.8. The Bertz CT molecular complexity index is 390. The van der Waals surface area contributed by atoms with E-state index in [0.717, 1.165) is 12.8 Å². The molecule has 1 unspecified atom stereocenters. The molecule has 0 aliphatic carbocycles. The first-order chi connectivity index (χ1) is 10.4. The number of aliphatic hydroxyl groups excluding tert-OH is 1. The maximum Gasteiger partial charge on any atom is 1.00 e. The van der Waals surface area contributed by atoms with E-state index in [-0.39, 0.29) is 37.4 Å². The van der Waals surface area contributed by atoms with Gasteiger partial charge in [-0.05, 0) is 12.8 Å². The van der Waals surface area contributed by atoms with Gasteiger partial charge in [0, 0.05) is 6.42 Å². The van der Waals surface area contributed by atoms with Crippen molar-refractivity contribution in [2.75, 3.05) is 5.75 Å². The molecule has 1 atom stereocenters. The van der Waals surface area contributed by atoms with Crippen LogP contribution in [0, 0.1) is 0 Å². The third-order valence-corrected chi connectivity index (χ3v) is 4.80. The molecule has 0 aromatic heterocycles. The normalized spacial score (nSPS) is 12.5. The van der Waals surface area contributed by atoms with Gasteiger partial charge in [-0.25, -0.2) is 0 Å². The van der Waals surface area contributed by atoms with Gasteiger partial charge in [-0.1, -0.05) is 65.2 Å². The van der Waals surface area contributed by atoms with Gasteiger partial charge in [-0.3, -0.25) is 4.79 Å². The molecule has 1 N–H and O–H groups in total. The molecule has 0 bridgehead atoms. The topological polar surface area (TPSA) is 80.7 Å². The predicted molar refractivity (Wildman–Crippen MR) is 89.1 cm³/mol. The quantitative estimate of drug-likeness (QED) is 0.280. The van der Waals surface area contributed by atoms with Gasteiger partial charge >= 0.3 is 45.6 Å². The summed E-state index contributed by atoms with van der Waals surface area (Å²) in [7, 11) is -3.95. The summed E-state index contributed by atoms with van der Waals surface area (Å²) in [5.41, 5.74) is 0. The largest absolute Gasteiger partial charge is 1.00 e. The van der Waals surface area contributed by atoms with Crippen LogP contribution in [0.25, 0.3) is 0 Å². The first-order valence-corrected chi connectivity index (χ1v) is 10.1. The van der Waals surface area contributed by atoms with Gasteiger partial charge in [0.2, 0.25) is 0 Å². The fourth-order valence-electron chi connectivity index (χ4n) is 2.15. The number of unbranched alkanes of at least 4 members (excludes halogenated alkanes) is 8. The summed E-state index contributed by atoms with van der Waals surface area (Å²) in [5.74, 6) is -1.24. The Morgan fingerprint density at radius 3 is 1.96 bits per heavy atom. The summed E-state index contributed by atoms with van der Waals surface area (Å²) in [5, 5.41) is 9.29. The molecule has 0 rings (SSSR count). The molecular weight excluding hydrogens is 327 g/mol. The number of aliphatic hydroxyl groups is 1. The Labute approximate surface area is 165 Å². The Kier molecular flexibility index (Phi) is 17.7. The van der Waals surface area contributed by atoms with E-state index in [2.05, 4.69) is 11.1 Å². The van der Waals surface area contributed by atoms with Crippen LogP contribution in [-0.2, 0) is 19.1 Å². The summed E-state index contributed by atoms with van der Waals surface area (Å²) in [6.07, 6.45) is 9.61. The SMILES string of the molecule is CCCCCCCCCCCC(=O)OS(=O)(=O)CC(O)CC.[H-].[Na+]. The van der Waals surface area contributed by atoms with E-state index in [1.54, 1.807) is 6.92 Å². The van der Waals surface area contributed by atoms with Crippen LogP contribution in [0.5, 0.6) is 0 Å². The molecule has 0 spiro atoms. The molecular formula is C16H33NaO5S. The molecule has 0 aromatic carbocycles. The molecule has 0 amide bonds. The van der Waals surface area contributed by atoms with Crippen LogP contribution in [0.15, 0.2) is 0 Å². The van der Waals surface area contributed by atoms with Gasteiger partial charge in [-0.2, -0.15) is 8.42 Å². The van der Waals surface area contributed by atoms with Crippen LogP contribution >= 0.6 is 0 Å². The van der Waals surface area contributed by atoms with E-state index in [1.165, 1.54) is 38.5 Å². The van der Waals surface area contributed by atoms with Crippen molar-refractivity contribution in [3.8, 4) is 0 Å². The van der Waals surface area contributed by atoms with Gasteiger partial charge in [0.25, 0.3) is 0 Å². The second kappa shape index (κ2) is 15.9. The van der Waals surface area contributed by atoms with Gasteiger partial charge in [-0.15, -0.1) is 0 Å². The van der Waals surface area contributed by atoms with Crippen LogP contribution in [-0.4, -0.2) is 31.4 Å². The number of hydrogen-bond acceptors (Lipinski definition) is 5. The third kappa shape index (κ3) is 17.0. The smallest absolute Gasteiger partial charge is 1.00 e. The van der Waals surface area contributed by atoms with Crippen LogP contribution < -0.4 is 29.6 Å². The van der Waals surface area contributed by atoms with E-state index in [1.807, 2.05) is 0 Å². The van der Waals surface area contributed by atoms with Crippen LogP contribution in [0.2, 0.25) is 0 Å². The summed E-state index contributed by atoms with van der Waals surface area (Å²) < 4.78 is 27.4. The Morgan fingerprint density at radius 1 is 1.00 bits per heavy atom. The average Bonchev–Trinajstić information content (AvgIpc) is 2.44. The van der Waals surface area contributed by atoms with Crippen molar-refractivity contribution in [3.05, 3.63) is 0 Å².